The van der Waals surface area contributed by atoms with Crippen LogP contribution in [-0.2, 0) is 11.3 Å². The van der Waals surface area contributed by atoms with Gasteiger partial charge in [-0.15, -0.1) is 0 Å². The summed E-state index contributed by atoms with van der Waals surface area (Å²) in [6.45, 7) is -0.194. The summed E-state index contributed by atoms with van der Waals surface area (Å²) >= 11 is 0. The number of methoxy groups -OCH3 is 1. The molecular weight excluding hydrogens is 265 g/mol. The number of nitrogens with zero attached hydrogens (tertiary/aromatic N) is 2. The van der Waals surface area contributed by atoms with Crippen LogP contribution in [0.15, 0.2) is 41.5 Å². The lowest BCUT2D eigenvalue weighted by molar-refractivity contribution is -0.116. The molecule has 0 saturated heterocycles. The van der Waals surface area contributed by atoms with Gasteiger partial charge in [0.2, 0.25) is 5.91 Å². The van der Waals surface area contributed by atoms with E-state index in [0.29, 0.717) is 0 Å². The van der Waals surface area contributed by atoms with Crippen molar-refractivity contribution in [3.63, 3.8) is 0 Å². The lowest BCUT2D eigenvalue weighted by atomic mass is 10.3. The van der Waals surface area contributed by atoms with Crippen molar-refractivity contribution in [3.8, 4) is 5.75 Å². The minimum atomic E-state index is -0.580. The highest BCUT2D eigenvalue weighted by molar-refractivity contribution is 5.90. The number of benzene rings is 1. The largest absolute Gasteiger partial charge is 0.494 e. The van der Waals surface area contributed by atoms with E-state index in [1.54, 1.807) is 6.07 Å². The van der Waals surface area contributed by atoms with Crippen LogP contribution in [0.3, 0.4) is 0 Å². The minimum Gasteiger partial charge on any atom is -0.494 e. The van der Waals surface area contributed by atoms with Crippen LogP contribution in [0.25, 0.3) is 0 Å². The summed E-state index contributed by atoms with van der Waals surface area (Å²) in [4.78, 5) is 26.6. The number of carbonyl (C=O) groups is 1. The van der Waals surface area contributed by atoms with E-state index in [-0.39, 0.29) is 18.0 Å². The summed E-state index contributed by atoms with van der Waals surface area (Å²) in [6, 6.07) is 5.59. The standard InChI is InChI=1S/C13H12FN3O3/c1-20-11-4-3-9(7-10(11)14)16-12(18)8-17-6-2-5-15-13(17)19/h2-7H,8H2,1H3,(H,16,18). The summed E-state index contributed by atoms with van der Waals surface area (Å²) in [5.74, 6) is -0.944. The molecule has 1 aromatic carbocycles. The van der Waals surface area contributed by atoms with E-state index in [9.17, 15) is 14.0 Å². The molecule has 1 amide bonds. The Morgan fingerprint density at radius 1 is 1.50 bits per heavy atom. The number of anilines is 1. The number of amides is 1. The molecule has 0 fully saturated rings. The molecule has 20 heavy (non-hydrogen) atoms. The first-order chi connectivity index (χ1) is 9.60. The van der Waals surface area contributed by atoms with Crippen LogP contribution in [0.4, 0.5) is 10.1 Å². The molecule has 0 bridgehead atoms. The van der Waals surface area contributed by atoms with E-state index in [1.807, 2.05) is 0 Å². The van der Waals surface area contributed by atoms with E-state index >= 15 is 0 Å². The quantitative estimate of drug-likeness (QED) is 0.906. The molecule has 2 rings (SSSR count). The average molecular weight is 277 g/mol. The van der Waals surface area contributed by atoms with Gasteiger partial charge in [0.1, 0.15) is 6.54 Å². The maximum atomic E-state index is 13.5. The van der Waals surface area contributed by atoms with Crippen molar-refractivity contribution in [3.05, 3.63) is 53.0 Å². The van der Waals surface area contributed by atoms with Crippen LogP contribution >= 0.6 is 0 Å². The van der Waals surface area contributed by atoms with Crippen molar-refractivity contribution in [2.24, 2.45) is 0 Å². The molecule has 0 atom stereocenters. The molecule has 0 radical (unpaired) electrons. The summed E-state index contributed by atoms with van der Waals surface area (Å²) in [7, 11) is 1.35. The number of hydrogen-bond donors (Lipinski definition) is 1. The smallest absolute Gasteiger partial charge is 0.347 e. The van der Waals surface area contributed by atoms with Gasteiger partial charge in [-0.1, -0.05) is 0 Å². The Bertz CT molecular complexity index is 685. The molecule has 6 nitrogen and oxygen atoms in total. The third-order valence-corrected chi connectivity index (χ3v) is 2.53. The van der Waals surface area contributed by atoms with E-state index in [4.69, 9.17) is 4.74 Å². The van der Waals surface area contributed by atoms with Gasteiger partial charge in [-0.2, -0.15) is 0 Å². The zero-order valence-corrected chi connectivity index (χ0v) is 10.7. The fraction of sp³-hybridized carbons (Fsp3) is 0.154. The highest BCUT2D eigenvalue weighted by atomic mass is 19.1. The minimum absolute atomic E-state index is 0.0893. The zero-order valence-electron chi connectivity index (χ0n) is 10.7. The topological polar surface area (TPSA) is 73.2 Å². The van der Waals surface area contributed by atoms with E-state index < -0.39 is 17.4 Å². The number of aromatic nitrogens is 2. The van der Waals surface area contributed by atoms with Gasteiger partial charge in [-0.25, -0.2) is 14.2 Å². The molecule has 1 aromatic heterocycles. The SMILES string of the molecule is COc1ccc(NC(=O)Cn2cccnc2=O)cc1F. The van der Waals surface area contributed by atoms with Crippen molar-refractivity contribution in [2.75, 3.05) is 12.4 Å². The van der Waals surface area contributed by atoms with Crippen LogP contribution in [0.5, 0.6) is 5.75 Å². The van der Waals surface area contributed by atoms with Gasteiger partial charge in [0.05, 0.1) is 7.11 Å². The fourth-order valence-electron chi connectivity index (χ4n) is 1.61. The number of hydrogen-bond acceptors (Lipinski definition) is 4. The third kappa shape index (κ3) is 3.19. The van der Waals surface area contributed by atoms with E-state index in [1.165, 1.54) is 31.6 Å². The molecule has 1 heterocycles. The summed E-state index contributed by atoms with van der Waals surface area (Å²) in [6.07, 6.45) is 2.79. The average Bonchev–Trinajstić information content (AvgIpc) is 2.41. The van der Waals surface area contributed by atoms with Crippen molar-refractivity contribution in [2.45, 2.75) is 6.54 Å². The molecule has 0 unspecified atom stereocenters. The molecular formula is C13H12FN3O3. The van der Waals surface area contributed by atoms with Crippen molar-refractivity contribution >= 4 is 11.6 Å². The maximum Gasteiger partial charge on any atom is 0.347 e. The van der Waals surface area contributed by atoms with Crippen LogP contribution in [0.1, 0.15) is 0 Å². The molecule has 2 aromatic rings. The van der Waals surface area contributed by atoms with Crippen molar-refractivity contribution < 1.29 is 13.9 Å². The third-order valence-electron chi connectivity index (χ3n) is 2.53. The van der Waals surface area contributed by atoms with Gasteiger partial charge in [-0.05, 0) is 18.2 Å². The second kappa shape index (κ2) is 5.96. The van der Waals surface area contributed by atoms with Crippen LogP contribution in [-0.4, -0.2) is 22.6 Å². The van der Waals surface area contributed by atoms with Gasteiger partial charge in [0, 0.05) is 24.1 Å². The first kappa shape index (κ1) is 13.7. The summed E-state index contributed by atoms with van der Waals surface area (Å²) < 4.78 is 19.4. The molecule has 0 aliphatic carbocycles. The Morgan fingerprint density at radius 3 is 2.95 bits per heavy atom. The molecule has 0 aliphatic heterocycles. The van der Waals surface area contributed by atoms with Crippen molar-refractivity contribution in [1.82, 2.24) is 9.55 Å². The molecule has 7 heteroatoms. The van der Waals surface area contributed by atoms with Crippen LogP contribution in [0.2, 0.25) is 0 Å². The Hall–Kier alpha value is -2.70. The lowest BCUT2D eigenvalue weighted by Gasteiger charge is -2.08. The molecule has 1 N–H and O–H groups in total. The second-order valence-electron chi connectivity index (χ2n) is 3.93. The molecule has 0 spiro atoms. The summed E-state index contributed by atoms with van der Waals surface area (Å²) in [5.41, 5.74) is -0.242. The predicted octanol–water partition coefficient (Wildman–Crippen LogP) is 1.03. The first-order valence-corrected chi connectivity index (χ1v) is 5.75. The van der Waals surface area contributed by atoms with E-state index in [2.05, 4.69) is 10.3 Å². The van der Waals surface area contributed by atoms with Gasteiger partial charge < -0.3 is 10.1 Å². The van der Waals surface area contributed by atoms with Crippen LogP contribution in [0, 0.1) is 5.82 Å². The number of nitrogens with one attached hydrogen (secondary N) is 1. The van der Waals surface area contributed by atoms with E-state index in [0.717, 1.165) is 10.6 Å². The lowest BCUT2D eigenvalue weighted by Crippen LogP contribution is -2.28. The normalized spacial score (nSPS) is 10.1. The van der Waals surface area contributed by atoms with Gasteiger partial charge in [0.25, 0.3) is 0 Å². The highest BCUT2D eigenvalue weighted by Gasteiger charge is 2.08. The molecule has 0 saturated carbocycles. The second-order valence-corrected chi connectivity index (χ2v) is 3.93. The number of rotatable bonds is 4. The number of carbonyl (C=O) groups excluding carboxylic acids is 1. The van der Waals surface area contributed by atoms with Gasteiger partial charge in [-0.3, -0.25) is 9.36 Å². The Morgan fingerprint density at radius 2 is 2.30 bits per heavy atom. The van der Waals surface area contributed by atoms with Gasteiger partial charge >= 0.3 is 5.69 Å². The molecule has 0 aliphatic rings. The molecule has 104 valence electrons. The fourth-order valence-corrected chi connectivity index (χ4v) is 1.61. The Balaban J connectivity index is 2.07. The highest BCUT2D eigenvalue weighted by Crippen LogP contribution is 2.20. The first-order valence-electron chi connectivity index (χ1n) is 5.75. The Kier molecular flexibility index (Phi) is 4.09. The van der Waals surface area contributed by atoms with Gasteiger partial charge in [0.15, 0.2) is 11.6 Å². The number of ether oxygens (including phenoxy) is 1. The summed E-state index contributed by atoms with van der Waals surface area (Å²) in [5, 5.41) is 2.49. The Labute approximate surface area is 113 Å². The monoisotopic (exact) mass is 277 g/mol. The maximum absolute atomic E-state index is 13.5. The van der Waals surface area contributed by atoms with Crippen molar-refractivity contribution in [1.29, 1.82) is 0 Å². The predicted molar refractivity (Wildman–Crippen MR) is 70.1 cm³/mol. The number of halogens is 1. The van der Waals surface area contributed by atoms with Crippen LogP contribution < -0.4 is 15.7 Å². The zero-order chi connectivity index (χ0) is 14.5.